The molecule has 0 amide bonds. The van der Waals surface area contributed by atoms with Gasteiger partial charge in [-0.2, -0.15) is 0 Å². The summed E-state index contributed by atoms with van der Waals surface area (Å²) in [5, 5.41) is 0. The number of carbonyl (C=O) groups excluding carboxylic acids is 1. The average Bonchev–Trinajstić information content (AvgIpc) is 2.98. The second kappa shape index (κ2) is 5.82. The van der Waals surface area contributed by atoms with E-state index in [-0.39, 0.29) is 11.9 Å². The molecule has 0 N–H and O–H groups in total. The zero-order chi connectivity index (χ0) is 10.4. The monoisotopic (exact) mass is 194 g/mol. The fourth-order valence-corrected chi connectivity index (χ4v) is 1.52. The summed E-state index contributed by atoms with van der Waals surface area (Å²) in [5.41, 5.74) is 0. The van der Waals surface area contributed by atoms with Crippen LogP contribution in [-0.2, 0) is 9.53 Å². The van der Waals surface area contributed by atoms with Crippen LogP contribution in [0.15, 0.2) is 0 Å². The quantitative estimate of drug-likeness (QED) is 0.606. The molecule has 1 saturated carbocycles. The Morgan fingerprint density at radius 2 is 2.29 bits per heavy atom. The minimum absolute atomic E-state index is 0.140. The van der Waals surface area contributed by atoms with E-state index >= 15 is 0 Å². The van der Waals surface area contributed by atoms with Crippen LogP contribution in [0.4, 0.5) is 0 Å². The van der Waals surface area contributed by atoms with Crippen LogP contribution in [-0.4, -0.2) is 18.5 Å². The van der Waals surface area contributed by atoms with Gasteiger partial charge in [-0.05, 0) is 32.6 Å². The average molecular weight is 194 g/mol. The van der Waals surface area contributed by atoms with Gasteiger partial charge in [-0.25, -0.2) is 0 Å². The van der Waals surface area contributed by atoms with E-state index in [1.54, 1.807) is 6.92 Å². The summed E-state index contributed by atoms with van der Waals surface area (Å²) < 4.78 is 5.46. The molecule has 0 aromatic heterocycles. The highest BCUT2D eigenvalue weighted by molar-refractivity contribution is 5.84. The summed E-state index contributed by atoms with van der Waals surface area (Å²) >= 11 is 0. The van der Waals surface area contributed by atoms with Crippen molar-refractivity contribution in [1.82, 2.24) is 0 Å². The number of ether oxygens (including phenoxy) is 1. The van der Waals surface area contributed by atoms with Gasteiger partial charge in [0.25, 0.3) is 0 Å². The number of rotatable bonds is 6. The Hall–Kier alpha value is -0.810. The third-order valence-corrected chi connectivity index (χ3v) is 2.39. The lowest BCUT2D eigenvalue weighted by Crippen LogP contribution is -2.26. The molecule has 1 atom stereocenters. The van der Waals surface area contributed by atoms with Gasteiger partial charge in [-0.1, -0.05) is 0 Å². The first-order valence-electron chi connectivity index (χ1n) is 5.33. The number of ketones is 1. The Bertz CT molecular complexity index is 243. The van der Waals surface area contributed by atoms with Crippen molar-refractivity contribution in [2.45, 2.75) is 45.6 Å². The van der Waals surface area contributed by atoms with Gasteiger partial charge < -0.3 is 4.74 Å². The van der Waals surface area contributed by atoms with Crippen molar-refractivity contribution in [3.05, 3.63) is 0 Å². The van der Waals surface area contributed by atoms with Crippen molar-refractivity contribution in [2.24, 2.45) is 5.92 Å². The molecule has 2 nitrogen and oxygen atoms in total. The summed E-state index contributed by atoms with van der Waals surface area (Å²) in [5.74, 6) is 6.44. The zero-order valence-electron chi connectivity index (χ0n) is 9.01. The van der Waals surface area contributed by atoms with Crippen molar-refractivity contribution in [1.29, 1.82) is 0 Å². The van der Waals surface area contributed by atoms with Crippen LogP contribution in [0.5, 0.6) is 0 Å². The van der Waals surface area contributed by atoms with Gasteiger partial charge in [0.15, 0.2) is 5.78 Å². The van der Waals surface area contributed by atoms with Crippen molar-refractivity contribution < 1.29 is 9.53 Å². The molecule has 0 saturated heterocycles. The number of hydrogen-bond donors (Lipinski definition) is 0. The van der Waals surface area contributed by atoms with Crippen LogP contribution >= 0.6 is 0 Å². The maximum Gasteiger partial charge on any atom is 0.162 e. The molecule has 14 heavy (non-hydrogen) atoms. The normalized spacial score (nSPS) is 17.0. The minimum atomic E-state index is -0.140. The highest BCUT2D eigenvalue weighted by Crippen LogP contribution is 2.35. The Morgan fingerprint density at radius 1 is 1.57 bits per heavy atom. The van der Waals surface area contributed by atoms with E-state index in [4.69, 9.17) is 4.74 Å². The molecule has 1 aliphatic carbocycles. The van der Waals surface area contributed by atoms with Crippen molar-refractivity contribution in [3.63, 3.8) is 0 Å². The molecule has 0 aliphatic heterocycles. The molecule has 1 fully saturated rings. The molecule has 78 valence electrons. The van der Waals surface area contributed by atoms with E-state index < -0.39 is 0 Å². The lowest BCUT2D eigenvalue weighted by atomic mass is 10.1. The van der Waals surface area contributed by atoms with Crippen molar-refractivity contribution in [3.8, 4) is 11.8 Å². The Morgan fingerprint density at radius 3 is 2.79 bits per heavy atom. The van der Waals surface area contributed by atoms with E-state index in [2.05, 4.69) is 11.8 Å². The van der Waals surface area contributed by atoms with Crippen LogP contribution < -0.4 is 0 Å². The first-order chi connectivity index (χ1) is 6.79. The van der Waals surface area contributed by atoms with Crippen LogP contribution in [0.25, 0.3) is 0 Å². The highest BCUT2D eigenvalue weighted by Gasteiger charge is 2.35. The molecule has 0 spiro atoms. The Kier molecular flexibility index (Phi) is 4.69. The molecule has 0 radical (unpaired) electrons. The Balaban J connectivity index is 2.32. The molecule has 0 bridgehead atoms. The number of Topliss-reactive ketones (excluding diaryl/α,β-unsaturated/α-hetero) is 1. The Labute approximate surface area is 86.0 Å². The SMILES string of the molecule is CC#CCCC(=O)C(OCC)C1CC1. The highest BCUT2D eigenvalue weighted by atomic mass is 16.5. The first kappa shape index (κ1) is 11.3. The number of carbonyl (C=O) groups is 1. The molecule has 1 unspecified atom stereocenters. The van der Waals surface area contributed by atoms with Gasteiger partial charge in [0.05, 0.1) is 0 Å². The summed E-state index contributed by atoms with van der Waals surface area (Å²) in [6.07, 6.45) is 3.37. The smallest absolute Gasteiger partial charge is 0.162 e. The summed E-state index contributed by atoms with van der Waals surface area (Å²) in [6.45, 7) is 4.37. The lowest BCUT2D eigenvalue weighted by molar-refractivity contribution is -0.131. The van der Waals surface area contributed by atoms with Gasteiger partial charge in [0, 0.05) is 19.4 Å². The van der Waals surface area contributed by atoms with E-state index in [9.17, 15) is 4.79 Å². The molecular formula is C12H18O2. The first-order valence-corrected chi connectivity index (χ1v) is 5.33. The van der Waals surface area contributed by atoms with Gasteiger partial charge in [-0.3, -0.25) is 4.79 Å². The van der Waals surface area contributed by atoms with Gasteiger partial charge in [0.1, 0.15) is 6.10 Å². The second-order valence-electron chi connectivity index (χ2n) is 3.61. The van der Waals surface area contributed by atoms with E-state index in [0.717, 1.165) is 12.8 Å². The van der Waals surface area contributed by atoms with Crippen LogP contribution in [0.1, 0.15) is 39.5 Å². The lowest BCUT2D eigenvalue weighted by Gasteiger charge is -2.13. The fraction of sp³-hybridized carbons (Fsp3) is 0.750. The molecule has 2 heteroatoms. The fourth-order valence-electron chi connectivity index (χ4n) is 1.52. The molecule has 0 aromatic rings. The van der Waals surface area contributed by atoms with Gasteiger partial charge in [0.2, 0.25) is 0 Å². The van der Waals surface area contributed by atoms with Crippen LogP contribution in [0.2, 0.25) is 0 Å². The third-order valence-electron chi connectivity index (χ3n) is 2.39. The van der Waals surface area contributed by atoms with Crippen LogP contribution in [0.3, 0.4) is 0 Å². The number of hydrogen-bond acceptors (Lipinski definition) is 2. The van der Waals surface area contributed by atoms with Crippen molar-refractivity contribution in [2.75, 3.05) is 6.61 Å². The molecule has 0 heterocycles. The standard InChI is InChI=1S/C12H18O2/c1-3-5-6-7-11(13)12(14-4-2)10-8-9-10/h10,12H,4,6-9H2,1-2H3. The predicted octanol–water partition coefficient (Wildman–Crippen LogP) is 2.17. The van der Waals surface area contributed by atoms with Crippen LogP contribution in [0, 0.1) is 17.8 Å². The molecule has 1 rings (SSSR count). The van der Waals surface area contributed by atoms with E-state index in [1.807, 2.05) is 6.92 Å². The third kappa shape index (κ3) is 3.51. The summed E-state index contributed by atoms with van der Waals surface area (Å²) in [7, 11) is 0. The summed E-state index contributed by atoms with van der Waals surface area (Å²) in [4.78, 5) is 11.7. The maximum atomic E-state index is 11.7. The zero-order valence-corrected chi connectivity index (χ0v) is 9.01. The predicted molar refractivity (Wildman–Crippen MR) is 55.8 cm³/mol. The second-order valence-corrected chi connectivity index (χ2v) is 3.61. The van der Waals surface area contributed by atoms with Gasteiger partial charge >= 0.3 is 0 Å². The largest absolute Gasteiger partial charge is 0.370 e. The molecular weight excluding hydrogens is 176 g/mol. The topological polar surface area (TPSA) is 26.3 Å². The van der Waals surface area contributed by atoms with E-state index in [0.29, 0.717) is 25.4 Å². The van der Waals surface area contributed by atoms with E-state index in [1.165, 1.54) is 0 Å². The summed E-state index contributed by atoms with van der Waals surface area (Å²) in [6, 6.07) is 0. The van der Waals surface area contributed by atoms with Crippen molar-refractivity contribution >= 4 is 5.78 Å². The molecule has 1 aliphatic rings. The maximum absolute atomic E-state index is 11.7. The molecule has 0 aromatic carbocycles. The minimum Gasteiger partial charge on any atom is -0.370 e. The van der Waals surface area contributed by atoms with Gasteiger partial charge in [-0.15, -0.1) is 11.8 Å².